The van der Waals surface area contributed by atoms with Crippen LogP contribution in [0, 0.1) is 11.8 Å². The minimum absolute atomic E-state index is 0.0684. The summed E-state index contributed by atoms with van der Waals surface area (Å²) in [4.78, 5) is 23.4. The zero-order chi connectivity index (χ0) is 15.8. The van der Waals surface area contributed by atoms with Gasteiger partial charge in [-0.25, -0.2) is 0 Å². The molecule has 1 N–H and O–H groups in total. The van der Waals surface area contributed by atoms with Crippen LogP contribution in [0.5, 0.6) is 0 Å². The van der Waals surface area contributed by atoms with E-state index in [1.54, 1.807) is 24.3 Å². The molecule has 0 radical (unpaired) electrons. The highest BCUT2D eigenvalue weighted by Crippen LogP contribution is 2.29. The van der Waals surface area contributed by atoms with Gasteiger partial charge in [0.15, 0.2) is 5.92 Å². The highest BCUT2D eigenvalue weighted by Gasteiger charge is 2.33. The maximum absolute atomic E-state index is 11.7. The zero-order valence-corrected chi connectivity index (χ0v) is 12.2. The SMILES string of the molecule is C=C[C@@H](CC(C(=O)OC)C(=O)OC)[C@H](O)c1ccccc1. The van der Waals surface area contributed by atoms with E-state index in [4.69, 9.17) is 0 Å². The molecule has 0 aliphatic carbocycles. The van der Waals surface area contributed by atoms with Gasteiger partial charge in [-0.15, -0.1) is 6.58 Å². The van der Waals surface area contributed by atoms with E-state index in [0.717, 1.165) is 0 Å². The minimum Gasteiger partial charge on any atom is -0.468 e. The Labute approximate surface area is 124 Å². The summed E-state index contributed by atoms with van der Waals surface area (Å²) < 4.78 is 9.22. The number of aliphatic hydroxyl groups excluding tert-OH is 1. The molecule has 0 amide bonds. The molecule has 0 aliphatic rings. The summed E-state index contributed by atoms with van der Waals surface area (Å²) >= 11 is 0. The second-order valence-corrected chi connectivity index (χ2v) is 4.59. The van der Waals surface area contributed by atoms with Crippen LogP contribution in [0.15, 0.2) is 43.0 Å². The maximum atomic E-state index is 11.7. The van der Waals surface area contributed by atoms with Crippen LogP contribution in [0.25, 0.3) is 0 Å². The molecular weight excluding hydrogens is 272 g/mol. The number of aliphatic hydroxyl groups is 1. The normalized spacial score (nSPS) is 13.3. The van der Waals surface area contributed by atoms with Gasteiger partial charge < -0.3 is 14.6 Å². The third-order valence-electron chi connectivity index (χ3n) is 3.33. The molecule has 5 heteroatoms. The van der Waals surface area contributed by atoms with Crippen molar-refractivity contribution < 1.29 is 24.2 Å². The third-order valence-corrected chi connectivity index (χ3v) is 3.33. The Morgan fingerprint density at radius 3 is 2.14 bits per heavy atom. The van der Waals surface area contributed by atoms with E-state index in [1.165, 1.54) is 20.3 Å². The number of esters is 2. The van der Waals surface area contributed by atoms with Crippen molar-refractivity contribution in [1.82, 2.24) is 0 Å². The van der Waals surface area contributed by atoms with Crippen LogP contribution in [0.1, 0.15) is 18.1 Å². The van der Waals surface area contributed by atoms with Gasteiger partial charge in [0.1, 0.15) is 0 Å². The lowest BCUT2D eigenvalue weighted by molar-refractivity contribution is -0.159. The number of ether oxygens (including phenoxy) is 2. The summed E-state index contributed by atoms with van der Waals surface area (Å²) in [6, 6.07) is 8.98. The number of benzene rings is 1. The van der Waals surface area contributed by atoms with Crippen molar-refractivity contribution in [2.75, 3.05) is 14.2 Å². The van der Waals surface area contributed by atoms with Crippen molar-refractivity contribution in [2.45, 2.75) is 12.5 Å². The molecule has 21 heavy (non-hydrogen) atoms. The quantitative estimate of drug-likeness (QED) is 0.472. The lowest BCUT2D eigenvalue weighted by Gasteiger charge is -2.23. The van der Waals surface area contributed by atoms with Gasteiger partial charge in [0.25, 0.3) is 0 Å². The van der Waals surface area contributed by atoms with Gasteiger partial charge in [0, 0.05) is 5.92 Å². The summed E-state index contributed by atoms with van der Waals surface area (Å²) in [7, 11) is 2.41. The average molecular weight is 292 g/mol. The molecule has 114 valence electrons. The Morgan fingerprint density at radius 2 is 1.71 bits per heavy atom. The van der Waals surface area contributed by atoms with Crippen molar-refractivity contribution in [3.8, 4) is 0 Å². The van der Waals surface area contributed by atoms with Crippen LogP contribution in [0.2, 0.25) is 0 Å². The first kappa shape index (κ1) is 16.9. The molecule has 0 unspecified atom stereocenters. The summed E-state index contributed by atoms with van der Waals surface area (Å²) in [5.41, 5.74) is 0.691. The Bertz CT molecular complexity index is 467. The van der Waals surface area contributed by atoms with Crippen molar-refractivity contribution in [2.24, 2.45) is 11.8 Å². The molecule has 1 rings (SSSR count). The van der Waals surface area contributed by atoms with Crippen LogP contribution in [-0.4, -0.2) is 31.3 Å². The van der Waals surface area contributed by atoms with Gasteiger partial charge >= 0.3 is 11.9 Å². The van der Waals surface area contributed by atoms with Crippen molar-refractivity contribution in [1.29, 1.82) is 0 Å². The van der Waals surface area contributed by atoms with Crippen LogP contribution >= 0.6 is 0 Å². The highest BCUT2D eigenvalue weighted by atomic mass is 16.5. The van der Waals surface area contributed by atoms with Crippen molar-refractivity contribution >= 4 is 11.9 Å². The summed E-state index contributed by atoms with van der Waals surface area (Å²) in [5, 5.41) is 10.4. The summed E-state index contributed by atoms with van der Waals surface area (Å²) in [6.07, 6.45) is 0.732. The molecule has 0 aliphatic heterocycles. The molecule has 0 saturated heterocycles. The average Bonchev–Trinajstić information content (AvgIpc) is 2.54. The lowest BCUT2D eigenvalue weighted by Crippen LogP contribution is -2.29. The second kappa shape index (κ2) is 8.21. The number of hydrogen-bond acceptors (Lipinski definition) is 5. The lowest BCUT2D eigenvalue weighted by atomic mass is 9.87. The number of carbonyl (C=O) groups excluding carboxylic acids is 2. The predicted molar refractivity (Wildman–Crippen MR) is 77.2 cm³/mol. The topological polar surface area (TPSA) is 72.8 Å². The van der Waals surface area contributed by atoms with E-state index in [-0.39, 0.29) is 6.42 Å². The molecule has 0 fully saturated rings. The smallest absolute Gasteiger partial charge is 0.320 e. The first-order valence-corrected chi connectivity index (χ1v) is 6.56. The van der Waals surface area contributed by atoms with E-state index >= 15 is 0 Å². The molecule has 2 atom stereocenters. The van der Waals surface area contributed by atoms with Crippen molar-refractivity contribution in [3.05, 3.63) is 48.6 Å². The Kier molecular flexibility index (Phi) is 6.62. The van der Waals surface area contributed by atoms with Gasteiger partial charge in [0.05, 0.1) is 20.3 Å². The number of rotatable bonds is 7. The Balaban J connectivity index is 2.90. The third kappa shape index (κ3) is 4.43. The van der Waals surface area contributed by atoms with Crippen molar-refractivity contribution in [3.63, 3.8) is 0 Å². The van der Waals surface area contributed by atoms with E-state index in [1.807, 2.05) is 6.07 Å². The minimum atomic E-state index is -1.08. The van der Waals surface area contributed by atoms with E-state index in [9.17, 15) is 14.7 Å². The van der Waals surface area contributed by atoms with Gasteiger partial charge in [-0.2, -0.15) is 0 Å². The van der Waals surface area contributed by atoms with Gasteiger partial charge in [-0.3, -0.25) is 9.59 Å². The second-order valence-electron chi connectivity index (χ2n) is 4.59. The Morgan fingerprint density at radius 1 is 1.19 bits per heavy atom. The molecule has 1 aromatic carbocycles. The Hall–Kier alpha value is -2.14. The van der Waals surface area contributed by atoms with Gasteiger partial charge in [-0.05, 0) is 12.0 Å². The first-order chi connectivity index (χ1) is 10.0. The molecular formula is C16H20O5. The molecule has 0 bridgehead atoms. The maximum Gasteiger partial charge on any atom is 0.320 e. The molecule has 0 spiro atoms. The summed E-state index contributed by atoms with van der Waals surface area (Å²) in [6.45, 7) is 3.67. The number of carbonyl (C=O) groups is 2. The van der Waals surface area contributed by atoms with Crippen LogP contribution in [-0.2, 0) is 19.1 Å². The van der Waals surface area contributed by atoms with Crippen LogP contribution < -0.4 is 0 Å². The largest absolute Gasteiger partial charge is 0.468 e. The molecule has 0 heterocycles. The first-order valence-electron chi connectivity index (χ1n) is 6.56. The fraction of sp³-hybridized carbons (Fsp3) is 0.375. The monoisotopic (exact) mass is 292 g/mol. The molecule has 5 nitrogen and oxygen atoms in total. The molecule has 0 saturated carbocycles. The summed E-state index contributed by atoms with van der Waals surface area (Å²) in [5.74, 6) is -2.93. The zero-order valence-electron chi connectivity index (χ0n) is 12.2. The van der Waals surface area contributed by atoms with Crippen LogP contribution in [0.4, 0.5) is 0 Å². The van der Waals surface area contributed by atoms with E-state index < -0.39 is 29.9 Å². The standard InChI is InChI=1S/C16H20O5/c1-4-11(14(17)12-8-6-5-7-9-12)10-13(15(18)20-2)16(19)21-3/h4-9,11,13-14,17H,1,10H2,2-3H3/t11-,14-/m0/s1. The molecule has 1 aromatic rings. The highest BCUT2D eigenvalue weighted by molar-refractivity contribution is 5.94. The number of hydrogen-bond donors (Lipinski definition) is 1. The van der Waals surface area contributed by atoms with Gasteiger partial charge in [0.2, 0.25) is 0 Å². The van der Waals surface area contributed by atoms with E-state index in [0.29, 0.717) is 5.56 Å². The molecule has 0 aromatic heterocycles. The fourth-order valence-corrected chi connectivity index (χ4v) is 2.10. The fourth-order valence-electron chi connectivity index (χ4n) is 2.10. The van der Waals surface area contributed by atoms with E-state index in [2.05, 4.69) is 16.1 Å². The predicted octanol–water partition coefficient (Wildman–Crippen LogP) is 1.87. The van der Waals surface area contributed by atoms with Gasteiger partial charge in [-0.1, -0.05) is 36.4 Å². The van der Waals surface area contributed by atoms with Crippen LogP contribution in [0.3, 0.4) is 0 Å². The number of methoxy groups -OCH3 is 2.